The molecule has 1 aliphatic heterocycles. The lowest BCUT2D eigenvalue weighted by Crippen LogP contribution is -2.39. The highest BCUT2D eigenvalue weighted by molar-refractivity contribution is 7.80. The van der Waals surface area contributed by atoms with Crippen molar-refractivity contribution < 1.29 is 14.0 Å². The summed E-state index contributed by atoms with van der Waals surface area (Å²) in [5.41, 5.74) is 1.84. The first kappa shape index (κ1) is 15.5. The third kappa shape index (κ3) is 2.49. The lowest BCUT2D eigenvalue weighted by Gasteiger charge is -2.29. The minimum absolute atomic E-state index is 0.210. The molecule has 0 atom stereocenters. The van der Waals surface area contributed by atoms with Gasteiger partial charge < -0.3 is 4.84 Å². The molecule has 1 heterocycles. The summed E-state index contributed by atoms with van der Waals surface area (Å²) in [4.78, 5) is 18.8. The Morgan fingerprint density at radius 3 is 2.32 bits per heavy atom. The third-order valence-corrected chi connectivity index (χ3v) is 4.49. The number of nitrogens with zero attached hydrogens (tertiary/aromatic N) is 1. The Morgan fingerprint density at radius 2 is 1.64 bits per heavy atom. The topological polar surface area (TPSA) is 29.5 Å². The Labute approximate surface area is 148 Å². The first-order valence-electron chi connectivity index (χ1n) is 7.59. The number of hydrogen-bond donors (Lipinski definition) is 0. The van der Waals surface area contributed by atoms with Crippen molar-refractivity contribution in [1.29, 1.82) is 0 Å². The molecular formula is C20H12FNO2S. The van der Waals surface area contributed by atoms with E-state index in [9.17, 15) is 9.18 Å². The molecule has 0 aromatic heterocycles. The number of thiocarbonyl (C=S) groups is 1. The molecule has 4 rings (SSSR count). The van der Waals surface area contributed by atoms with Gasteiger partial charge in [0.05, 0.1) is 5.56 Å². The van der Waals surface area contributed by atoms with E-state index in [1.54, 1.807) is 6.07 Å². The number of hydrogen-bond acceptors (Lipinski definition) is 3. The lowest BCUT2D eigenvalue weighted by molar-refractivity contribution is -0.000626. The van der Waals surface area contributed by atoms with Crippen LogP contribution in [0.25, 0.3) is 16.5 Å². The van der Waals surface area contributed by atoms with Gasteiger partial charge in [-0.25, -0.2) is 4.39 Å². The summed E-state index contributed by atoms with van der Waals surface area (Å²) in [6.45, 7) is 3.82. The molecule has 3 aromatic carbocycles. The fourth-order valence-corrected chi connectivity index (χ4v) is 3.18. The van der Waals surface area contributed by atoms with E-state index >= 15 is 0 Å². The van der Waals surface area contributed by atoms with E-state index in [1.807, 2.05) is 30.3 Å². The molecule has 3 aromatic rings. The van der Waals surface area contributed by atoms with E-state index in [0.29, 0.717) is 11.1 Å². The zero-order chi connectivity index (χ0) is 17.6. The van der Waals surface area contributed by atoms with E-state index in [1.165, 1.54) is 24.3 Å². The van der Waals surface area contributed by atoms with Crippen LogP contribution in [0.3, 0.4) is 0 Å². The van der Waals surface area contributed by atoms with Gasteiger partial charge in [0.25, 0.3) is 5.91 Å². The molecule has 0 bridgehead atoms. The summed E-state index contributed by atoms with van der Waals surface area (Å²) < 4.78 is 13.1. The van der Waals surface area contributed by atoms with Crippen molar-refractivity contribution in [3.05, 3.63) is 89.8 Å². The number of rotatable bonds is 3. The largest absolute Gasteiger partial charge is 0.371 e. The fourth-order valence-electron chi connectivity index (χ4n) is 2.89. The third-order valence-electron chi connectivity index (χ3n) is 4.10. The molecule has 0 spiro atoms. The molecule has 0 N–H and O–H groups in total. The molecule has 0 saturated heterocycles. The van der Waals surface area contributed by atoms with Crippen LogP contribution in [0.1, 0.15) is 21.5 Å². The van der Waals surface area contributed by atoms with Crippen molar-refractivity contribution in [3.8, 4) is 0 Å². The Bertz CT molecular complexity index is 993. The number of carbonyl (C=O) groups excluding carboxylic acids is 1. The Hall–Kier alpha value is -3.05. The summed E-state index contributed by atoms with van der Waals surface area (Å²) in [6.07, 6.45) is 0. The van der Waals surface area contributed by atoms with E-state index < -0.39 is 0 Å². The maximum Gasteiger partial charge on any atom is 0.292 e. The molecule has 3 nitrogen and oxygen atoms in total. The molecule has 0 fully saturated rings. The maximum atomic E-state index is 13.1. The normalized spacial score (nSPS) is 13.2. The molecule has 0 aliphatic carbocycles. The fraction of sp³-hybridized carbons (Fsp3) is 0. The van der Waals surface area contributed by atoms with Gasteiger partial charge in [-0.3, -0.25) is 4.79 Å². The summed E-state index contributed by atoms with van der Waals surface area (Å²) >= 11 is 5.46. The van der Waals surface area contributed by atoms with Crippen LogP contribution >= 0.6 is 12.2 Å². The highest BCUT2D eigenvalue weighted by atomic mass is 32.1. The molecule has 122 valence electrons. The zero-order valence-electron chi connectivity index (χ0n) is 13.0. The molecule has 25 heavy (non-hydrogen) atoms. The number of benzene rings is 3. The van der Waals surface area contributed by atoms with Crippen molar-refractivity contribution in [2.45, 2.75) is 0 Å². The second kappa shape index (κ2) is 5.79. The summed E-state index contributed by atoms with van der Waals surface area (Å²) in [5.74, 6) is -0.499. The van der Waals surface area contributed by atoms with Crippen LogP contribution in [-0.4, -0.2) is 16.0 Å². The van der Waals surface area contributed by atoms with E-state index in [-0.39, 0.29) is 22.5 Å². The van der Waals surface area contributed by atoms with Crippen LogP contribution in [-0.2, 0) is 4.84 Å². The smallest absolute Gasteiger partial charge is 0.292 e. The van der Waals surface area contributed by atoms with Gasteiger partial charge in [-0.1, -0.05) is 49.1 Å². The molecule has 0 unspecified atom stereocenters. The maximum absolute atomic E-state index is 13.1. The molecular weight excluding hydrogens is 337 g/mol. The van der Waals surface area contributed by atoms with Gasteiger partial charge in [0.1, 0.15) is 5.82 Å². The summed E-state index contributed by atoms with van der Waals surface area (Å²) in [6, 6.07) is 16.8. The highest BCUT2D eigenvalue weighted by Gasteiger charge is 2.32. The monoisotopic (exact) mass is 349 g/mol. The Morgan fingerprint density at radius 1 is 1.00 bits per heavy atom. The predicted molar refractivity (Wildman–Crippen MR) is 98.3 cm³/mol. The molecule has 0 radical (unpaired) electrons. The van der Waals surface area contributed by atoms with E-state index in [0.717, 1.165) is 21.4 Å². The SMILES string of the molecule is C=C(ON1C(=O)c2cccc3cccc(c23)C1=S)c1ccc(F)cc1. The van der Waals surface area contributed by atoms with Gasteiger partial charge in [-0.05, 0) is 35.7 Å². The number of halogens is 1. The van der Waals surface area contributed by atoms with Gasteiger partial charge in [0, 0.05) is 16.5 Å². The zero-order valence-corrected chi connectivity index (χ0v) is 13.8. The van der Waals surface area contributed by atoms with Crippen LogP contribution in [0.2, 0.25) is 0 Å². The van der Waals surface area contributed by atoms with Crippen molar-refractivity contribution in [3.63, 3.8) is 0 Å². The second-order valence-corrected chi connectivity index (χ2v) is 6.02. The van der Waals surface area contributed by atoms with Gasteiger partial charge >= 0.3 is 0 Å². The van der Waals surface area contributed by atoms with Crippen molar-refractivity contribution in [1.82, 2.24) is 5.06 Å². The van der Waals surface area contributed by atoms with Crippen LogP contribution in [0, 0.1) is 5.82 Å². The summed E-state index contributed by atoms with van der Waals surface area (Å²) in [5, 5.41) is 2.84. The average Bonchev–Trinajstić information content (AvgIpc) is 2.63. The standard InChI is InChI=1S/C20H12FNO2S/c1-12(13-8-10-15(21)11-9-13)24-22-19(23)16-6-2-4-14-5-3-7-17(18(14)16)20(22)25/h2-11H,1H2. The minimum atomic E-state index is -0.360. The molecule has 1 aliphatic rings. The van der Waals surface area contributed by atoms with Gasteiger partial charge in [0.2, 0.25) is 0 Å². The number of hydroxylamine groups is 2. The second-order valence-electron chi connectivity index (χ2n) is 5.64. The lowest BCUT2D eigenvalue weighted by atomic mass is 9.95. The quantitative estimate of drug-likeness (QED) is 0.506. The van der Waals surface area contributed by atoms with E-state index in [2.05, 4.69) is 6.58 Å². The minimum Gasteiger partial charge on any atom is -0.371 e. The van der Waals surface area contributed by atoms with Crippen molar-refractivity contribution >= 4 is 39.6 Å². The molecule has 5 heteroatoms. The Balaban J connectivity index is 1.73. The number of amides is 1. The summed E-state index contributed by atoms with van der Waals surface area (Å²) in [7, 11) is 0. The predicted octanol–water partition coefficient (Wildman–Crippen LogP) is 4.71. The Kier molecular flexibility index (Phi) is 3.58. The van der Waals surface area contributed by atoms with Gasteiger partial charge in [0.15, 0.2) is 10.7 Å². The molecule has 1 amide bonds. The van der Waals surface area contributed by atoms with Crippen LogP contribution in [0.5, 0.6) is 0 Å². The first-order chi connectivity index (χ1) is 12.1. The van der Waals surface area contributed by atoms with Crippen LogP contribution < -0.4 is 0 Å². The molecule has 0 saturated carbocycles. The van der Waals surface area contributed by atoms with Crippen molar-refractivity contribution in [2.24, 2.45) is 0 Å². The van der Waals surface area contributed by atoms with Gasteiger partial charge in [-0.15, -0.1) is 5.06 Å². The van der Waals surface area contributed by atoms with E-state index in [4.69, 9.17) is 17.1 Å². The van der Waals surface area contributed by atoms with Crippen LogP contribution in [0.4, 0.5) is 4.39 Å². The van der Waals surface area contributed by atoms with Gasteiger partial charge in [-0.2, -0.15) is 0 Å². The number of carbonyl (C=O) groups is 1. The van der Waals surface area contributed by atoms with Crippen LogP contribution in [0.15, 0.2) is 67.2 Å². The first-order valence-corrected chi connectivity index (χ1v) is 8.00. The highest BCUT2D eigenvalue weighted by Crippen LogP contribution is 2.32. The average molecular weight is 349 g/mol. The van der Waals surface area contributed by atoms with Crippen molar-refractivity contribution in [2.75, 3.05) is 0 Å².